The molecule has 1 unspecified atom stereocenters. The van der Waals surface area contributed by atoms with Crippen LogP contribution in [0.3, 0.4) is 0 Å². The minimum atomic E-state index is -0.854. The second-order valence-corrected chi connectivity index (χ2v) is 8.14. The number of nitrogens with one attached hydrogen (secondary N) is 2. The minimum absolute atomic E-state index is 0.0841. The highest BCUT2D eigenvalue weighted by Crippen LogP contribution is 2.23. The maximum Gasteiger partial charge on any atom is 0.273 e. The first kappa shape index (κ1) is 23.3. The first-order valence-electron chi connectivity index (χ1n) is 9.91. The number of rotatable bonds is 9. The molecule has 0 aliphatic rings. The van der Waals surface area contributed by atoms with Crippen LogP contribution in [0.15, 0.2) is 18.2 Å². The summed E-state index contributed by atoms with van der Waals surface area (Å²) in [6.07, 6.45) is 1.75. The summed E-state index contributed by atoms with van der Waals surface area (Å²) in [5.74, 6) is -1.39. The molecule has 0 saturated heterocycles. The number of carbonyl (C=O) groups excluding carboxylic acids is 2. The zero-order chi connectivity index (χ0) is 22.3. The first-order chi connectivity index (χ1) is 14.2. The number of amides is 2. The molecule has 9 heteroatoms. The molecule has 0 radical (unpaired) electrons. The van der Waals surface area contributed by atoms with Gasteiger partial charge in [0.2, 0.25) is 5.91 Å². The lowest BCUT2D eigenvalue weighted by Crippen LogP contribution is -2.54. The van der Waals surface area contributed by atoms with E-state index < -0.39 is 29.1 Å². The van der Waals surface area contributed by atoms with Crippen molar-refractivity contribution in [2.24, 2.45) is 5.41 Å². The number of nitriles is 1. The fourth-order valence-electron chi connectivity index (χ4n) is 3.11. The fourth-order valence-corrected chi connectivity index (χ4v) is 3.11. The lowest BCUT2D eigenvalue weighted by molar-refractivity contribution is -0.125. The lowest BCUT2D eigenvalue weighted by atomic mass is 9.86. The monoisotopic (exact) mass is 417 g/mol. The van der Waals surface area contributed by atoms with Gasteiger partial charge in [-0.2, -0.15) is 10.4 Å². The van der Waals surface area contributed by atoms with Crippen LogP contribution in [0, 0.1) is 22.6 Å². The van der Waals surface area contributed by atoms with E-state index in [2.05, 4.69) is 21.8 Å². The molecule has 162 valence electrons. The SMILES string of the molecule is CC(C)(C)C(NC(=O)c1nn(CCCCC#N)c2cc(F)ccc12)C(=O)NCCO. The highest BCUT2D eigenvalue weighted by Gasteiger charge is 2.33. The van der Waals surface area contributed by atoms with Gasteiger partial charge in [-0.05, 0) is 36.5 Å². The molecular formula is C21H28FN5O3. The van der Waals surface area contributed by atoms with E-state index in [1.165, 1.54) is 18.2 Å². The van der Waals surface area contributed by atoms with Gasteiger partial charge in [-0.25, -0.2) is 4.39 Å². The molecule has 1 aromatic carbocycles. The Morgan fingerprint density at radius 2 is 2.07 bits per heavy atom. The van der Waals surface area contributed by atoms with E-state index in [1.807, 2.05) is 20.8 Å². The molecular weight excluding hydrogens is 389 g/mol. The van der Waals surface area contributed by atoms with Gasteiger partial charge < -0.3 is 15.7 Å². The summed E-state index contributed by atoms with van der Waals surface area (Å²) in [4.78, 5) is 25.5. The highest BCUT2D eigenvalue weighted by atomic mass is 19.1. The van der Waals surface area contributed by atoms with Gasteiger partial charge in [0.25, 0.3) is 5.91 Å². The minimum Gasteiger partial charge on any atom is -0.395 e. The number of hydrogen-bond acceptors (Lipinski definition) is 5. The lowest BCUT2D eigenvalue weighted by Gasteiger charge is -2.30. The Morgan fingerprint density at radius 1 is 1.33 bits per heavy atom. The predicted octanol–water partition coefficient (Wildman–Crippen LogP) is 2.12. The van der Waals surface area contributed by atoms with E-state index in [0.29, 0.717) is 36.7 Å². The molecule has 0 aliphatic carbocycles. The molecule has 2 amide bonds. The van der Waals surface area contributed by atoms with Crippen molar-refractivity contribution in [2.45, 2.75) is 52.6 Å². The number of aromatic nitrogens is 2. The third-order valence-corrected chi connectivity index (χ3v) is 4.65. The molecule has 1 aromatic heterocycles. The second-order valence-electron chi connectivity index (χ2n) is 8.14. The normalized spacial score (nSPS) is 12.4. The van der Waals surface area contributed by atoms with E-state index in [4.69, 9.17) is 10.4 Å². The summed E-state index contributed by atoms with van der Waals surface area (Å²) >= 11 is 0. The summed E-state index contributed by atoms with van der Waals surface area (Å²) in [7, 11) is 0. The van der Waals surface area contributed by atoms with Crippen molar-refractivity contribution in [3.63, 3.8) is 0 Å². The van der Waals surface area contributed by atoms with E-state index >= 15 is 0 Å². The Hall–Kier alpha value is -2.99. The number of carbonyl (C=O) groups is 2. The van der Waals surface area contributed by atoms with Gasteiger partial charge in [-0.1, -0.05) is 20.8 Å². The van der Waals surface area contributed by atoms with Crippen LogP contribution < -0.4 is 10.6 Å². The molecule has 1 heterocycles. The molecule has 2 rings (SSSR count). The Kier molecular flexibility index (Phi) is 7.89. The van der Waals surface area contributed by atoms with Crippen LogP contribution in [0.4, 0.5) is 4.39 Å². The zero-order valence-electron chi connectivity index (χ0n) is 17.5. The predicted molar refractivity (Wildman–Crippen MR) is 110 cm³/mol. The number of aliphatic hydroxyl groups excluding tert-OH is 1. The summed E-state index contributed by atoms with van der Waals surface area (Å²) in [5, 5.41) is 27.8. The van der Waals surface area contributed by atoms with Crippen LogP contribution in [0.5, 0.6) is 0 Å². The van der Waals surface area contributed by atoms with Crippen LogP contribution in [-0.4, -0.2) is 45.9 Å². The van der Waals surface area contributed by atoms with Gasteiger partial charge in [-0.15, -0.1) is 0 Å². The smallest absolute Gasteiger partial charge is 0.273 e. The maximum atomic E-state index is 13.8. The topological polar surface area (TPSA) is 120 Å². The Morgan fingerprint density at radius 3 is 2.70 bits per heavy atom. The number of halogens is 1. The summed E-state index contributed by atoms with van der Waals surface area (Å²) in [6.45, 7) is 5.77. The highest BCUT2D eigenvalue weighted by molar-refractivity contribution is 6.06. The number of aryl methyl sites for hydroxylation is 1. The molecule has 3 N–H and O–H groups in total. The Bertz CT molecular complexity index is 942. The molecule has 0 saturated carbocycles. The van der Waals surface area contributed by atoms with Gasteiger partial charge >= 0.3 is 0 Å². The van der Waals surface area contributed by atoms with Crippen molar-refractivity contribution in [1.82, 2.24) is 20.4 Å². The van der Waals surface area contributed by atoms with Gasteiger partial charge in [0.15, 0.2) is 5.69 Å². The Balaban J connectivity index is 2.32. The number of aliphatic hydroxyl groups is 1. The number of nitrogens with zero attached hydrogens (tertiary/aromatic N) is 3. The maximum absolute atomic E-state index is 13.8. The molecule has 0 aliphatic heterocycles. The van der Waals surface area contributed by atoms with Crippen molar-refractivity contribution in [3.05, 3.63) is 29.7 Å². The average molecular weight is 417 g/mol. The molecule has 0 fully saturated rings. The fraction of sp³-hybridized carbons (Fsp3) is 0.524. The van der Waals surface area contributed by atoms with E-state index in [1.54, 1.807) is 4.68 Å². The van der Waals surface area contributed by atoms with Gasteiger partial charge in [0.1, 0.15) is 11.9 Å². The summed E-state index contributed by atoms with van der Waals surface area (Å²) in [6, 6.07) is 5.30. The largest absolute Gasteiger partial charge is 0.395 e. The number of unbranched alkanes of at least 4 members (excludes halogenated alkanes) is 2. The van der Waals surface area contributed by atoms with Gasteiger partial charge in [0, 0.05) is 24.9 Å². The van der Waals surface area contributed by atoms with Crippen molar-refractivity contribution < 1.29 is 19.1 Å². The molecule has 0 bridgehead atoms. The van der Waals surface area contributed by atoms with Gasteiger partial charge in [0.05, 0.1) is 18.2 Å². The standard InChI is InChI=1S/C21H28FN5O3/c1-21(2,3)18(20(30)24-10-12-28)25-19(29)17-15-8-7-14(22)13-16(15)27(26-17)11-6-4-5-9-23/h7-8,13,18,28H,4-6,10-12H2,1-3H3,(H,24,30)(H,25,29). The molecule has 1 atom stereocenters. The Labute approximate surface area is 175 Å². The average Bonchev–Trinajstić information content (AvgIpc) is 3.04. The molecule has 0 spiro atoms. The van der Waals surface area contributed by atoms with Crippen molar-refractivity contribution in [1.29, 1.82) is 5.26 Å². The van der Waals surface area contributed by atoms with E-state index in [-0.39, 0.29) is 18.8 Å². The second kappa shape index (κ2) is 10.2. The molecule has 2 aromatic rings. The van der Waals surface area contributed by atoms with E-state index in [0.717, 1.165) is 0 Å². The number of hydrogen-bond donors (Lipinski definition) is 3. The summed E-state index contributed by atoms with van der Waals surface area (Å²) < 4.78 is 15.4. The quantitative estimate of drug-likeness (QED) is 0.540. The van der Waals surface area contributed by atoms with Crippen LogP contribution in [0.25, 0.3) is 10.9 Å². The van der Waals surface area contributed by atoms with Crippen LogP contribution in [0.1, 0.15) is 50.5 Å². The molecule has 30 heavy (non-hydrogen) atoms. The third-order valence-electron chi connectivity index (χ3n) is 4.65. The molecule has 8 nitrogen and oxygen atoms in total. The van der Waals surface area contributed by atoms with Crippen molar-refractivity contribution in [2.75, 3.05) is 13.2 Å². The number of fused-ring (bicyclic) bond motifs is 1. The van der Waals surface area contributed by atoms with Gasteiger partial charge in [-0.3, -0.25) is 14.3 Å². The van der Waals surface area contributed by atoms with Crippen molar-refractivity contribution >= 4 is 22.7 Å². The summed E-state index contributed by atoms with van der Waals surface area (Å²) in [5.41, 5.74) is 0.000365. The first-order valence-corrected chi connectivity index (χ1v) is 9.91. The van der Waals surface area contributed by atoms with Crippen LogP contribution in [0.2, 0.25) is 0 Å². The third kappa shape index (κ3) is 5.76. The van der Waals surface area contributed by atoms with Crippen LogP contribution >= 0.6 is 0 Å². The number of benzene rings is 1. The van der Waals surface area contributed by atoms with E-state index in [9.17, 15) is 14.0 Å². The van der Waals surface area contributed by atoms with Crippen molar-refractivity contribution in [3.8, 4) is 6.07 Å². The zero-order valence-corrected chi connectivity index (χ0v) is 17.5. The van der Waals surface area contributed by atoms with Crippen LogP contribution in [-0.2, 0) is 11.3 Å².